The minimum Gasteiger partial charge on any atom is -0.469 e. The number of nitrogens with one attached hydrogen (secondary N) is 2. The van der Waals surface area contributed by atoms with Crippen LogP contribution in [-0.2, 0) is 6.42 Å². The Labute approximate surface area is 158 Å². The van der Waals surface area contributed by atoms with Crippen molar-refractivity contribution in [3.05, 3.63) is 24.2 Å². The van der Waals surface area contributed by atoms with Gasteiger partial charge in [-0.1, -0.05) is 33.1 Å². The second-order valence-corrected chi connectivity index (χ2v) is 7.93. The van der Waals surface area contributed by atoms with Gasteiger partial charge in [-0.15, -0.1) is 0 Å². The zero-order valence-corrected chi connectivity index (χ0v) is 16.5. The van der Waals surface area contributed by atoms with Crippen LogP contribution in [-0.4, -0.2) is 36.8 Å². The molecule has 26 heavy (non-hydrogen) atoms. The molecule has 0 bridgehead atoms. The summed E-state index contributed by atoms with van der Waals surface area (Å²) in [6, 6.07) is 4.46. The molecule has 1 unspecified atom stereocenters. The van der Waals surface area contributed by atoms with Gasteiger partial charge >= 0.3 is 0 Å². The Morgan fingerprint density at radius 1 is 1.31 bits per heavy atom. The summed E-state index contributed by atoms with van der Waals surface area (Å²) in [6.07, 6.45) is 10.9. The monoisotopic (exact) mass is 363 g/mol. The van der Waals surface area contributed by atoms with E-state index in [4.69, 9.17) is 9.41 Å². The first-order chi connectivity index (χ1) is 12.7. The molecule has 0 radical (unpaired) electrons. The van der Waals surface area contributed by atoms with Gasteiger partial charge in [0.25, 0.3) is 0 Å². The summed E-state index contributed by atoms with van der Waals surface area (Å²) in [4.78, 5) is 4.86. The number of guanidine groups is 1. The number of hydrogen-bond acceptors (Lipinski definition) is 3. The predicted molar refractivity (Wildman–Crippen MR) is 107 cm³/mol. The summed E-state index contributed by atoms with van der Waals surface area (Å²) < 4.78 is 5.41. The minimum absolute atomic E-state index is 0.240. The first-order valence-corrected chi connectivity index (χ1v) is 10.4. The number of rotatable bonds is 10. The first kappa shape index (κ1) is 20.8. The minimum atomic E-state index is 0.240. The molecule has 1 saturated carbocycles. The van der Waals surface area contributed by atoms with Gasteiger partial charge in [0.15, 0.2) is 5.96 Å². The zero-order chi connectivity index (χ0) is 18.6. The summed E-state index contributed by atoms with van der Waals surface area (Å²) in [5, 5.41) is 16.4. The van der Waals surface area contributed by atoms with E-state index in [0.29, 0.717) is 17.9 Å². The Kier molecular flexibility index (Phi) is 9.61. The van der Waals surface area contributed by atoms with E-state index < -0.39 is 0 Å². The van der Waals surface area contributed by atoms with Gasteiger partial charge in [0.2, 0.25) is 0 Å². The van der Waals surface area contributed by atoms with Crippen LogP contribution >= 0.6 is 0 Å². The molecule has 5 heteroatoms. The Bertz CT molecular complexity index is 493. The van der Waals surface area contributed by atoms with Gasteiger partial charge in [0.1, 0.15) is 5.76 Å². The molecule has 1 fully saturated rings. The quantitative estimate of drug-likeness (QED) is 0.437. The summed E-state index contributed by atoms with van der Waals surface area (Å²) in [7, 11) is 0. The van der Waals surface area contributed by atoms with Crippen LogP contribution in [0, 0.1) is 11.8 Å². The molecule has 148 valence electrons. The van der Waals surface area contributed by atoms with E-state index in [1.807, 2.05) is 12.1 Å². The fraction of sp³-hybridized carbons (Fsp3) is 0.762. The Morgan fingerprint density at radius 3 is 2.77 bits per heavy atom. The number of aliphatic hydroxyl groups excluding tert-OH is 1. The van der Waals surface area contributed by atoms with E-state index in [1.54, 1.807) is 6.26 Å². The highest BCUT2D eigenvalue weighted by molar-refractivity contribution is 5.80. The Hall–Kier alpha value is -1.49. The molecule has 5 nitrogen and oxygen atoms in total. The molecule has 0 aromatic carbocycles. The average molecular weight is 364 g/mol. The third kappa shape index (κ3) is 8.26. The van der Waals surface area contributed by atoms with Crippen molar-refractivity contribution in [2.24, 2.45) is 16.8 Å². The number of hydrogen-bond donors (Lipinski definition) is 3. The molecule has 1 aromatic heterocycles. The van der Waals surface area contributed by atoms with Crippen molar-refractivity contribution < 1.29 is 9.52 Å². The first-order valence-electron chi connectivity index (χ1n) is 10.4. The van der Waals surface area contributed by atoms with Crippen molar-refractivity contribution >= 4 is 5.96 Å². The van der Waals surface area contributed by atoms with Crippen molar-refractivity contribution in [3.8, 4) is 0 Å². The van der Waals surface area contributed by atoms with Crippen LogP contribution in [0.1, 0.15) is 64.6 Å². The van der Waals surface area contributed by atoms with E-state index >= 15 is 0 Å². The molecule has 0 aliphatic heterocycles. The fourth-order valence-electron chi connectivity index (χ4n) is 3.71. The molecule has 2 rings (SSSR count). The lowest BCUT2D eigenvalue weighted by atomic mass is 9.94. The maximum Gasteiger partial charge on any atom is 0.191 e. The zero-order valence-electron chi connectivity index (χ0n) is 16.5. The van der Waals surface area contributed by atoms with E-state index in [2.05, 4.69) is 24.5 Å². The molecule has 3 N–H and O–H groups in total. The number of furan rings is 1. The van der Waals surface area contributed by atoms with Gasteiger partial charge in [-0.2, -0.15) is 0 Å². The van der Waals surface area contributed by atoms with Gasteiger partial charge in [0, 0.05) is 32.2 Å². The van der Waals surface area contributed by atoms with Gasteiger partial charge in [-0.25, -0.2) is 0 Å². The second-order valence-electron chi connectivity index (χ2n) is 7.93. The molecule has 1 atom stereocenters. The van der Waals surface area contributed by atoms with Gasteiger partial charge in [-0.05, 0) is 49.7 Å². The van der Waals surface area contributed by atoms with Gasteiger partial charge < -0.3 is 20.2 Å². The fourth-order valence-corrected chi connectivity index (χ4v) is 3.71. The molecular weight excluding hydrogens is 326 g/mol. The van der Waals surface area contributed by atoms with E-state index in [0.717, 1.165) is 44.1 Å². The van der Waals surface area contributed by atoms with E-state index in [1.165, 1.54) is 32.1 Å². The molecular formula is C21H37N3O2. The topological polar surface area (TPSA) is 69.8 Å². The van der Waals surface area contributed by atoms with Crippen molar-refractivity contribution in [2.75, 3.05) is 19.7 Å². The van der Waals surface area contributed by atoms with E-state index in [-0.39, 0.29) is 6.61 Å². The number of nitrogens with zero attached hydrogens (tertiary/aromatic N) is 1. The summed E-state index contributed by atoms with van der Waals surface area (Å²) in [6.45, 7) is 6.28. The van der Waals surface area contributed by atoms with Crippen LogP contribution in [0.2, 0.25) is 0 Å². The molecule has 0 amide bonds. The summed E-state index contributed by atoms with van der Waals surface area (Å²) in [5.74, 6) is 2.97. The third-order valence-corrected chi connectivity index (χ3v) is 5.04. The summed E-state index contributed by atoms with van der Waals surface area (Å²) >= 11 is 0. The predicted octanol–water partition coefficient (Wildman–Crippen LogP) is 3.73. The van der Waals surface area contributed by atoms with Crippen molar-refractivity contribution in [1.29, 1.82) is 0 Å². The largest absolute Gasteiger partial charge is 0.469 e. The summed E-state index contributed by atoms with van der Waals surface area (Å²) in [5.41, 5.74) is 0. The van der Waals surface area contributed by atoms with Gasteiger partial charge in [0.05, 0.1) is 6.26 Å². The maximum atomic E-state index is 9.33. The van der Waals surface area contributed by atoms with Crippen molar-refractivity contribution in [1.82, 2.24) is 10.6 Å². The molecule has 0 saturated heterocycles. The van der Waals surface area contributed by atoms with Crippen molar-refractivity contribution in [2.45, 2.75) is 71.3 Å². The SMILES string of the molecule is CC(C)CC(CCO)CN=C(NCCc1ccco1)NC1CCCCC1. The molecule has 1 aliphatic carbocycles. The molecule has 0 spiro atoms. The number of aliphatic hydroxyl groups is 1. The standard InChI is InChI=1S/C21H37N3O2/c1-17(2)15-18(11-13-25)16-23-21(24-19-7-4-3-5-8-19)22-12-10-20-9-6-14-26-20/h6,9,14,17-19,25H,3-5,7-8,10-13,15-16H2,1-2H3,(H2,22,23,24). The molecule has 1 aromatic rings. The maximum absolute atomic E-state index is 9.33. The van der Waals surface area contributed by atoms with Crippen LogP contribution < -0.4 is 10.6 Å². The highest BCUT2D eigenvalue weighted by atomic mass is 16.3. The highest BCUT2D eigenvalue weighted by Gasteiger charge is 2.16. The average Bonchev–Trinajstić information content (AvgIpc) is 3.13. The van der Waals surface area contributed by atoms with Crippen LogP contribution in [0.5, 0.6) is 0 Å². The third-order valence-electron chi connectivity index (χ3n) is 5.04. The van der Waals surface area contributed by atoms with Crippen LogP contribution in [0.15, 0.2) is 27.8 Å². The lowest BCUT2D eigenvalue weighted by Gasteiger charge is -2.25. The molecule has 1 heterocycles. The van der Waals surface area contributed by atoms with Crippen LogP contribution in [0.25, 0.3) is 0 Å². The van der Waals surface area contributed by atoms with Crippen LogP contribution in [0.3, 0.4) is 0 Å². The Balaban J connectivity index is 1.90. The normalized spacial score (nSPS) is 17.5. The van der Waals surface area contributed by atoms with Crippen molar-refractivity contribution in [3.63, 3.8) is 0 Å². The Morgan fingerprint density at radius 2 is 2.12 bits per heavy atom. The molecule has 1 aliphatic rings. The lowest BCUT2D eigenvalue weighted by molar-refractivity contribution is 0.245. The lowest BCUT2D eigenvalue weighted by Crippen LogP contribution is -2.45. The smallest absolute Gasteiger partial charge is 0.191 e. The van der Waals surface area contributed by atoms with Gasteiger partial charge in [-0.3, -0.25) is 4.99 Å². The highest BCUT2D eigenvalue weighted by Crippen LogP contribution is 2.18. The second kappa shape index (κ2) is 12.0. The van der Waals surface area contributed by atoms with Crippen LogP contribution in [0.4, 0.5) is 0 Å². The van der Waals surface area contributed by atoms with E-state index in [9.17, 15) is 5.11 Å². The number of aliphatic imine (C=N–C) groups is 1.